The zero-order chi connectivity index (χ0) is 11.5. The Morgan fingerprint density at radius 1 is 1.13 bits per heavy atom. The van der Waals surface area contributed by atoms with Gasteiger partial charge in [-0.2, -0.15) is 0 Å². The molecule has 90 valence electrons. The van der Waals surface area contributed by atoms with Crippen molar-refractivity contribution < 1.29 is 4.48 Å². The molecule has 0 bridgehead atoms. The van der Waals surface area contributed by atoms with Crippen LogP contribution in [0.3, 0.4) is 0 Å². The van der Waals surface area contributed by atoms with E-state index in [1.165, 1.54) is 43.8 Å². The minimum atomic E-state index is 0.737. The molecule has 0 radical (unpaired) electrons. The molecule has 1 saturated heterocycles. The van der Waals surface area contributed by atoms with Crippen LogP contribution in [0.25, 0.3) is 0 Å². The van der Waals surface area contributed by atoms with Gasteiger partial charge in [0.1, 0.15) is 6.67 Å². The molecule has 0 amide bonds. The van der Waals surface area contributed by atoms with Crippen molar-refractivity contribution in [1.82, 2.24) is 4.90 Å². The average molecular weight is 213 g/mol. The number of hydrogen-bond donors (Lipinski definition) is 0. The second-order valence-corrected chi connectivity index (χ2v) is 5.49. The number of hydrogen-bond acceptors (Lipinski definition) is 1. The van der Waals surface area contributed by atoms with E-state index >= 15 is 0 Å². The molecule has 1 aliphatic rings. The van der Waals surface area contributed by atoms with Crippen molar-refractivity contribution in [1.29, 1.82) is 0 Å². The van der Waals surface area contributed by atoms with Gasteiger partial charge in [0.25, 0.3) is 0 Å². The molecule has 0 aromatic heterocycles. The number of quaternary nitrogens is 1. The van der Waals surface area contributed by atoms with E-state index in [4.69, 9.17) is 0 Å². The first kappa shape index (κ1) is 13.0. The molecule has 0 spiro atoms. The lowest BCUT2D eigenvalue weighted by Crippen LogP contribution is -2.61. The van der Waals surface area contributed by atoms with Gasteiger partial charge in [-0.05, 0) is 26.7 Å². The Bertz CT molecular complexity index is 185. The lowest BCUT2D eigenvalue weighted by molar-refractivity contribution is -0.940. The Labute approximate surface area is 95.8 Å². The summed E-state index contributed by atoms with van der Waals surface area (Å²) in [5, 5.41) is 0. The first-order chi connectivity index (χ1) is 7.04. The van der Waals surface area contributed by atoms with E-state index in [1.54, 1.807) is 0 Å². The zero-order valence-electron chi connectivity index (χ0n) is 11.3. The summed E-state index contributed by atoms with van der Waals surface area (Å²) in [5.74, 6) is 0.777. The summed E-state index contributed by atoms with van der Waals surface area (Å²) in [4.78, 5) is 2.70. The highest BCUT2D eigenvalue weighted by Crippen LogP contribution is 2.20. The normalized spacial score (nSPS) is 24.4. The fraction of sp³-hybridized carbons (Fsp3) is 1.00. The van der Waals surface area contributed by atoms with E-state index in [9.17, 15) is 0 Å². The van der Waals surface area contributed by atoms with Gasteiger partial charge in [0.15, 0.2) is 0 Å². The fourth-order valence-electron chi connectivity index (χ4n) is 2.63. The molecule has 0 aromatic rings. The van der Waals surface area contributed by atoms with Gasteiger partial charge in [-0.15, -0.1) is 0 Å². The standard InChI is InChI=1S/C13H29N2/c1-6-15(7-2)10-8-9-14(11-15)13(5)12(3)4/h12-13H,6-11H2,1-5H3/q+1. The Hall–Kier alpha value is -0.0800. The van der Waals surface area contributed by atoms with Crippen molar-refractivity contribution in [3.8, 4) is 0 Å². The molecule has 1 aliphatic heterocycles. The van der Waals surface area contributed by atoms with Crippen LogP contribution in [0.15, 0.2) is 0 Å². The van der Waals surface area contributed by atoms with Gasteiger partial charge in [0, 0.05) is 19.0 Å². The van der Waals surface area contributed by atoms with Gasteiger partial charge >= 0.3 is 0 Å². The van der Waals surface area contributed by atoms with Gasteiger partial charge < -0.3 is 4.48 Å². The van der Waals surface area contributed by atoms with E-state index < -0.39 is 0 Å². The molecule has 2 nitrogen and oxygen atoms in total. The van der Waals surface area contributed by atoms with Crippen molar-refractivity contribution in [2.75, 3.05) is 32.8 Å². The second-order valence-electron chi connectivity index (χ2n) is 5.49. The molecular formula is C13H29N2+. The fourth-order valence-corrected chi connectivity index (χ4v) is 2.63. The maximum Gasteiger partial charge on any atom is 0.135 e. The van der Waals surface area contributed by atoms with E-state index in [-0.39, 0.29) is 0 Å². The van der Waals surface area contributed by atoms with Crippen LogP contribution in [0.2, 0.25) is 0 Å². The Morgan fingerprint density at radius 2 is 1.73 bits per heavy atom. The maximum atomic E-state index is 2.70. The SMILES string of the molecule is CC[N+]1(CC)CCCN(C(C)C(C)C)C1. The third-order valence-corrected chi connectivity index (χ3v) is 4.44. The van der Waals surface area contributed by atoms with Crippen molar-refractivity contribution in [3.63, 3.8) is 0 Å². The summed E-state index contributed by atoms with van der Waals surface area (Å²) in [6.07, 6.45) is 1.37. The van der Waals surface area contributed by atoms with Gasteiger partial charge in [-0.1, -0.05) is 13.8 Å². The molecule has 1 atom stereocenters. The maximum absolute atomic E-state index is 2.70. The minimum Gasteiger partial charge on any atom is -0.311 e. The third-order valence-electron chi connectivity index (χ3n) is 4.44. The zero-order valence-corrected chi connectivity index (χ0v) is 11.3. The van der Waals surface area contributed by atoms with E-state index in [2.05, 4.69) is 39.5 Å². The molecule has 0 aromatic carbocycles. The van der Waals surface area contributed by atoms with Crippen molar-refractivity contribution >= 4 is 0 Å². The summed E-state index contributed by atoms with van der Waals surface area (Å²) in [7, 11) is 0. The van der Waals surface area contributed by atoms with Gasteiger partial charge in [-0.25, -0.2) is 0 Å². The van der Waals surface area contributed by atoms with E-state index in [0.717, 1.165) is 12.0 Å². The topological polar surface area (TPSA) is 3.24 Å². The molecular weight excluding hydrogens is 184 g/mol. The Kier molecular flexibility index (Phi) is 4.60. The molecule has 0 saturated carbocycles. The summed E-state index contributed by atoms with van der Waals surface area (Å²) in [6.45, 7) is 18.3. The molecule has 0 aliphatic carbocycles. The molecule has 1 fully saturated rings. The van der Waals surface area contributed by atoms with Crippen LogP contribution in [-0.4, -0.2) is 48.3 Å². The largest absolute Gasteiger partial charge is 0.311 e. The van der Waals surface area contributed by atoms with Crippen molar-refractivity contribution in [2.24, 2.45) is 5.92 Å². The Balaban J connectivity index is 2.62. The third kappa shape index (κ3) is 2.94. The van der Waals surface area contributed by atoms with Crippen molar-refractivity contribution in [2.45, 2.75) is 47.1 Å². The highest BCUT2D eigenvalue weighted by Gasteiger charge is 2.33. The predicted octanol–water partition coefficient (Wildman–Crippen LogP) is 2.55. The molecule has 1 rings (SSSR count). The Morgan fingerprint density at radius 3 is 2.20 bits per heavy atom. The van der Waals surface area contributed by atoms with Gasteiger partial charge in [0.05, 0.1) is 19.6 Å². The van der Waals surface area contributed by atoms with Crippen molar-refractivity contribution in [3.05, 3.63) is 0 Å². The van der Waals surface area contributed by atoms with Crippen LogP contribution in [-0.2, 0) is 0 Å². The quantitative estimate of drug-likeness (QED) is 0.649. The van der Waals surface area contributed by atoms with Gasteiger partial charge in [0.2, 0.25) is 0 Å². The number of nitrogens with zero attached hydrogens (tertiary/aromatic N) is 2. The first-order valence-corrected chi connectivity index (χ1v) is 6.64. The molecule has 0 N–H and O–H groups in total. The van der Waals surface area contributed by atoms with E-state index in [0.29, 0.717) is 0 Å². The highest BCUT2D eigenvalue weighted by molar-refractivity contribution is 4.70. The first-order valence-electron chi connectivity index (χ1n) is 6.64. The minimum absolute atomic E-state index is 0.737. The second kappa shape index (κ2) is 5.31. The summed E-state index contributed by atoms with van der Waals surface area (Å²) in [6, 6.07) is 0.737. The van der Waals surface area contributed by atoms with Crippen LogP contribution >= 0.6 is 0 Å². The smallest absolute Gasteiger partial charge is 0.135 e. The molecule has 1 heterocycles. The van der Waals surface area contributed by atoms with Crippen LogP contribution in [0.1, 0.15) is 41.0 Å². The summed E-state index contributed by atoms with van der Waals surface area (Å²) >= 11 is 0. The van der Waals surface area contributed by atoms with Crippen LogP contribution in [0, 0.1) is 5.92 Å². The lowest BCUT2D eigenvalue weighted by Gasteiger charge is -2.47. The molecule has 2 heteroatoms. The van der Waals surface area contributed by atoms with Crippen LogP contribution in [0.5, 0.6) is 0 Å². The predicted molar refractivity (Wildman–Crippen MR) is 66.7 cm³/mol. The number of rotatable bonds is 4. The van der Waals surface area contributed by atoms with Crippen LogP contribution in [0.4, 0.5) is 0 Å². The van der Waals surface area contributed by atoms with Gasteiger partial charge in [-0.3, -0.25) is 4.90 Å². The van der Waals surface area contributed by atoms with Crippen LogP contribution < -0.4 is 0 Å². The summed E-state index contributed by atoms with van der Waals surface area (Å²) < 4.78 is 1.30. The summed E-state index contributed by atoms with van der Waals surface area (Å²) in [5.41, 5.74) is 0. The highest BCUT2D eigenvalue weighted by atomic mass is 15.5. The molecule has 15 heavy (non-hydrogen) atoms. The average Bonchev–Trinajstić information content (AvgIpc) is 2.28. The van der Waals surface area contributed by atoms with E-state index in [1.807, 2.05) is 0 Å². The lowest BCUT2D eigenvalue weighted by atomic mass is 10.0. The molecule has 1 unspecified atom stereocenters. The monoisotopic (exact) mass is 213 g/mol.